The summed E-state index contributed by atoms with van der Waals surface area (Å²) in [5.74, 6) is 1.93. The fourth-order valence-electron chi connectivity index (χ4n) is 2.37. The molecule has 2 N–H and O–H groups in total. The van der Waals surface area contributed by atoms with E-state index in [1.165, 1.54) is 30.6 Å². The zero-order chi connectivity index (χ0) is 10.4. The molecular weight excluding hydrogens is 188 g/mol. The fraction of sp³-hybridized carbons (Fsp3) is 0.727. The summed E-state index contributed by atoms with van der Waals surface area (Å²) in [6.45, 7) is 3.17. The molecule has 0 bridgehead atoms. The molecule has 1 aromatic rings. The van der Waals surface area contributed by atoms with Gasteiger partial charge in [0.1, 0.15) is 5.69 Å². The Hall–Kier alpha value is -1.19. The standard InChI is InChI=1S/C11H18N4/c1-7-10-11(14-15(7)2)13-9(5-6-12-10)8-3-4-8/h8-9,12H,3-6H2,1-2H3,(H,13,14). The predicted molar refractivity (Wildman–Crippen MR) is 61.2 cm³/mol. The molecule has 0 aromatic carbocycles. The Morgan fingerprint density at radius 3 is 2.87 bits per heavy atom. The second kappa shape index (κ2) is 3.15. The monoisotopic (exact) mass is 206 g/mol. The molecule has 0 radical (unpaired) electrons. The van der Waals surface area contributed by atoms with Crippen LogP contribution in [0.15, 0.2) is 0 Å². The van der Waals surface area contributed by atoms with Crippen molar-refractivity contribution in [3.8, 4) is 0 Å². The highest BCUT2D eigenvalue weighted by Gasteiger charge is 2.33. The third-order valence-corrected chi connectivity index (χ3v) is 3.60. The zero-order valence-corrected chi connectivity index (χ0v) is 9.38. The van der Waals surface area contributed by atoms with Crippen molar-refractivity contribution in [2.75, 3.05) is 17.2 Å². The van der Waals surface area contributed by atoms with E-state index in [9.17, 15) is 0 Å². The highest BCUT2D eigenvalue weighted by molar-refractivity contribution is 5.68. The summed E-state index contributed by atoms with van der Waals surface area (Å²) >= 11 is 0. The van der Waals surface area contributed by atoms with Crippen LogP contribution in [-0.4, -0.2) is 22.4 Å². The summed E-state index contributed by atoms with van der Waals surface area (Å²) in [5, 5.41) is 11.6. The van der Waals surface area contributed by atoms with Gasteiger partial charge in [0.05, 0.1) is 5.69 Å². The van der Waals surface area contributed by atoms with E-state index in [2.05, 4.69) is 22.7 Å². The SMILES string of the molecule is Cc1c2c(nn1C)NC(C1CC1)CCN2. The summed E-state index contributed by atoms with van der Waals surface area (Å²) < 4.78 is 1.94. The Balaban J connectivity index is 1.90. The van der Waals surface area contributed by atoms with Crippen LogP contribution in [-0.2, 0) is 7.05 Å². The van der Waals surface area contributed by atoms with E-state index >= 15 is 0 Å². The molecule has 0 amide bonds. The number of fused-ring (bicyclic) bond motifs is 1. The number of nitrogens with zero attached hydrogens (tertiary/aromatic N) is 2. The molecule has 1 atom stereocenters. The van der Waals surface area contributed by atoms with Gasteiger partial charge in [-0.15, -0.1) is 0 Å². The molecule has 1 aromatic heterocycles. The van der Waals surface area contributed by atoms with Crippen molar-refractivity contribution in [1.82, 2.24) is 9.78 Å². The normalized spacial score (nSPS) is 25.1. The van der Waals surface area contributed by atoms with Crippen LogP contribution in [0.25, 0.3) is 0 Å². The van der Waals surface area contributed by atoms with E-state index in [1.807, 2.05) is 11.7 Å². The van der Waals surface area contributed by atoms with E-state index < -0.39 is 0 Å². The smallest absolute Gasteiger partial charge is 0.172 e. The lowest BCUT2D eigenvalue weighted by Crippen LogP contribution is -2.22. The minimum absolute atomic E-state index is 0.632. The van der Waals surface area contributed by atoms with Crippen LogP contribution in [0.5, 0.6) is 0 Å². The van der Waals surface area contributed by atoms with E-state index in [0.29, 0.717) is 6.04 Å². The van der Waals surface area contributed by atoms with Crippen LogP contribution in [0.1, 0.15) is 25.0 Å². The predicted octanol–water partition coefficient (Wildman–Crippen LogP) is 1.73. The Morgan fingerprint density at radius 2 is 2.13 bits per heavy atom. The fourth-order valence-corrected chi connectivity index (χ4v) is 2.37. The molecule has 0 spiro atoms. The number of nitrogens with one attached hydrogen (secondary N) is 2. The molecule has 4 nitrogen and oxygen atoms in total. The molecule has 2 aliphatic rings. The van der Waals surface area contributed by atoms with Gasteiger partial charge >= 0.3 is 0 Å². The van der Waals surface area contributed by atoms with Crippen LogP contribution >= 0.6 is 0 Å². The van der Waals surface area contributed by atoms with Gasteiger partial charge in [0.15, 0.2) is 5.82 Å². The molecule has 1 aliphatic heterocycles. The van der Waals surface area contributed by atoms with Gasteiger partial charge in [-0.3, -0.25) is 4.68 Å². The van der Waals surface area contributed by atoms with Crippen molar-refractivity contribution in [1.29, 1.82) is 0 Å². The van der Waals surface area contributed by atoms with Crippen molar-refractivity contribution in [3.05, 3.63) is 5.69 Å². The number of hydrogen-bond donors (Lipinski definition) is 2. The van der Waals surface area contributed by atoms with Gasteiger partial charge in [-0.05, 0) is 32.1 Å². The maximum absolute atomic E-state index is 4.51. The summed E-state index contributed by atoms with van der Waals surface area (Å²) in [4.78, 5) is 0. The molecule has 1 unspecified atom stereocenters. The Morgan fingerprint density at radius 1 is 1.33 bits per heavy atom. The molecule has 1 saturated carbocycles. The lowest BCUT2D eigenvalue weighted by molar-refractivity contribution is 0.602. The van der Waals surface area contributed by atoms with Crippen molar-refractivity contribution < 1.29 is 0 Å². The summed E-state index contributed by atoms with van der Waals surface area (Å²) in [6, 6.07) is 0.632. The Kier molecular flexibility index (Phi) is 1.90. The molecule has 82 valence electrons. The van der Waals surface area contributed by atoms with Gasteiger partial charge in [-0.25, -0.2) is 0 Å². The molecule has 3 rings (SSSR count). The van der Waals surface area contributed by atoms with Gasteiger partial charge < -0.3 is 10.6 Å². The number of anilines is 2. The van der Waals surface area contributed by atoms with Gasteiger partial charge in [0.2, 0.25) is 0 Å². The highest BCUT2D eigenvalue weighted by atomic mass is 15.3. The van der Waals surface area contributed by atoms with E-state index in [-0.39, 0.29) is 0 Å². The van der Waals surface area contributed by atoms with E-state index in [4.69, 9.17) is 0 Å². The Bertz CT molecular complexity index is 378. The van der Waals surface area contributed by atoms with Gasteiger partial charge in [-0.1, -0.05) is 0 Å². The zero-order valence-electron chi connectivity index (χ0n) is 9.38. The lowest BCUT2D eigenvalue weighted by Gasteiger charge is -2.14. The van der Waals surface area contributed by atoms with Crippen molar-refractivity contribution in [3.63, 3.8) is 0 Å². The van der Waals surface area contributed by atoms with Crippen LogP contribution in [0.2, 0.25) is 0 Å². The molecule has 1 aliphatic carbocycles. The largest absolute Gasteiger partial charge is 0.380 e. The maximum Gasteiger partial charge on any atom is 0.172 e. The van der Waals surface area contributed by atoms with Crippen LogP contribution < -0.4 is 10.6 Å². The Labute approximate surface area is 90.0 Å². The molecule has 2 heterocycles. The van der Waals surface area contributed by atoms with Gasteiger partial charge in [0.25, 0.3) is 0 Å². The van der Waals surface area contributed by atoms with Crippen molar-refractivity contribution in [2.45, 2.75) is 32.2 Å². The average molecular weight is 206 g/mol. The second-order valence-corrected chi connectivity index (χ2v) is 4.74. The van der Waals surface area contributed by atoms with Crippen LogP contribution in [0.4, 0.5) is 11.5 Å². The third kappa shape index (κ3) is 1.48. The quantitative estimate of drug-likeness (QED) is 0.735. The molecular formula is C11H18N4. The molecule has 4 heteroatoms. The average Bonchev–Trinajstić information content (AvgIpc) is 3.00. The molecule has 1 fully saturated rings. The first-order valence-electron chi connectivity index (χ1n) is 5.79. The highest BCUT2D eigenvalue weighted by Crippen LogP contribution is 2.38. The first kappa shape index (κ1) is 9.07. The van der Waals surface area contributed by atoms with E-state index in [0.717, 1.165) is 18.3 Å². The maximum atomic E-state index is 4.51. The topological polar surface area (TPSA) is 41.9 Å². The lowest BCUT2D eigenvalue weighted by atomic mass is 10.1. The third-order valence-electron chi connectivity index (χ3n) is 3.60. The van der Waals surface area contributed by atoms with Crippen molar-refractivity contribution in [2.24, 2.45) is 13.0 Å². The van der Waals surface area contributed by atoms with Crippen LogP contribution in [0, 0.1) is 12.8 Å². The molecule has 0 saturated heterocycles. The summed E-state index contributed by atoms with van der Waals surface area (Å²) in [5.41, 5.74) is 2.41. The number of hydrogen-bond acceptors (Lipinski definition) is 3. The minimum atomic E-state index is 0.632. The van der Waals surface area contributed by atoms with Gasteiger partial charge in [0, 0.05) is 19.6 Å². The van der Waals surface area contributed by atoms with Crippen LogP contribution in [0.3, 0.4) is 0 Å². The number of rotatable bonds is 1. The van der Waals surface area contributed by atoms with Gasteiger partial charge in [-0.2, -0.15) is 5.10 Å². The van der Waals surface area contributed by atoms with E-state index in [1.54, 1.807) is 0 Å². The summed E-state index contributed by atoms with van der Waals surface area (Å²) in [7, 11) is 2.00. The second-order valence-electron chi connectivity index (χ2n) is 4.74. The minimum Gasteiger partial charge on any atom is -0.380 e. The first-order chi connectivity index (χ1) is 7.25. The number of aromatic nitrogens is 2. The first-order valence-corrected chi connectivity index (χ1v) is 5.79. The molecule has 15 heavy (non-hydrogen) atoms. The summed E-state index contributed by atoms with van der Waals surface area (Å²) in [6.07, 6.45) is 3.99. The number of aryl methyl sites for hydroxylation is 1. The van der Waals surface area contributed by atoms with Crippen molar-refractivity contribution >= 4 is 11.5 Å².